The van der Waals surface area contributed by atoms with Crippen LogP contribution in [0.5, 0.6) is 5.75 Å². The number of fused-ring (bicyclic) bond motifs is 2. The number of aryl methyl sites for hydroxylation is 1. The predicted molar refractivity (Wildman–Crippen MR) is 137 cm³/mol. The molecule has 0 spiro atoms. The van der Waals surface area contributed by atoms with Gasteiger partial charge in [-0.1, -0.05) is 39.3 Å². The van der Waals surface area contributed by atoms with Gasteiger partial charge in [0, 0.05) is 18.4 Å². The van der Waals surface area contributed by atoms with Crippen molar-refractivity contribution in [2.24, 2.45) is 11.7 Å². The number of benzene rings is 2. The number of nitrogens with two attached hydrogens (primary N) is 1. The van der Waals surface area contributed by atoms with E-state index in [9.17, 15) is 9.90 Å². The molecule has 1 amide bonds. The summed E-state index contributed by atoms with van der Waals surface area (Å²) in [6, 6.07) is 11.2. The summed E-state index contributed by atoms with van der Waals surface area (Å²) in [7, 11) is 0. The van der Waals surface area contributed by atoms with Crippen LogP contribution in [0, 0.1) is 5.92 Å². The molecule has 1 aliphatic rings. The molecule has 5 rings (SSSR count). The van der Waals surface area contributed by atoms with E-state index in [1.54, 1.807) is 6.07 Å². The normalized spacial score (nSPS) is 15.3. The minimum atomic E-state index is -0.477. The lowest BCUT2D eigenvalue weighted by molar-refractivity contribution is -0.134. The third-order valence-electron chi connectivity index (χ3n) is 7.25. The number of aromatic hydroxyl groups is 1. The Morgan fingerprint density at radius 2 is 2.06 bits per heavy atom. The van der Waals surface area contributed by atoms with Crippen molar-refractivity contribution < 1.29 is 9.90 Å². The number of imidazole rings is 1. The van der Waals surface area contributed by atoms with Gasteiger partial charge in [0.15, 0.2) is 5.82 Å². The summed E-state index contributed by atoms with van der Waals surface area (Å²) in [5, 5.41) is 18.5. The van der Waals surface area contributed by atoms with Gasteiger partial charge in [0.1, 0.15) is 11.4 Å². The van der Waals surface area contributed by atoms with Crippen molar-refractivity contribution in [3.8, 4) is 28.4 Å². The molecule has 35 heavy (non-hydrogen) atoms. The summed E-state index contributed by atoms with van der Waals surface area (Å²) in [5.41, 5.74) is 13.1. The van der Waals surface area contributed by atoms with Crippen LogP contribution in [0.4, 0.5) is 0 Å². The van der Waals surface area contributed by atoms with Crippen molar-refractivity contribution in [1.82, 2.24) is 25.1 Å². The van der Waals surface area contributed by atoms with E-state index in [-0.39, 0.29) is 17.6 Å². The molecular formula is C27H32N6O2. The van der Waals surface area contributed by atoms with Gasteiger partial charge in [-0.3, -0.25) is 9.89 Å². The highest BCUT2D eigenvalue weighted by atomic mass is 16.3. The number of H-pyrrole nitrogens is 2. The van der Waals surface area contributed by atoms with Crippen LogP contribution in [0.2, 0.25) is 0 Å². The maximum absolute atomic E-state index is 12.9. The van der Waals surface area contributed by atoms with E-state index >= 15 is 0 Å². The highest BCUT2D eigenvalue weighted by Crippen LogP contribution is 2.33. The van der Waals surface area contributed by atoms with Crippen LogP contribution in [-0.2, 0) is 24.2 Å². The van der Waals surface area contributed by atoms with Crippen LogP contribution in [0.3, 0.4) is 0 Å². The maximum Gasteiger partial charge on any atom is 0.240 e. The molecule has 1 aliphatic heterocycles. The van der Waals surface area contributed by atoms with E-state index in [1.165, 1.54) is 0 Å². The molecule has 3 heterocycles. The van der Waals surface area contributed by atoms with E-state index < -0.39 is 6.04 Å². The number of aromatic amines is 2. The zero-order chi connectivity index (χ0) is 24.7. The predicted octanol–water partition coefficient (Wildman–Crippen LogP) is 4.15. The average molecular weight is 473 g/mol. The van der Waals surface area contributed by atoms with Gasteiger partial charge in [0.05, 0.1) is 29.5 Å². The lowest BCUT2D eigenvalue weighted by Crippen LogP contribution is -2.48. The first-order valence-electron chi connectivity index (χ1n) is 12.3. The number of nitrogens with one attached hydrogen (secondary N) is 2. The van der Waals surface area contributed by atoms with E-state index in [0.717, 1.165) is 57.5 Å². The summed E-state index contributed by atoms with van der Waals surface area (Å²) in [6.45, 7) is 7.26. The Hall–Kier alpha value is -3.65. The zero-order valence-corrected chi connectivity index (χ0v) is 20.4. The number of hydrogen-bond acceptors (Lipinski definition) is 5. The van der Waals surface area contributed by atoms with Crippen molar-refractivity contribution in [1.29, 1.82) is 0 Å². The molecule has 0 fully saturated rings. The number of aromatic nitrogens is 4. The Morgan fingerprint density at radius 3 is 2.83 bits per heavy atom. The van der Waals surface area contributed by atoms with Gasteiger partial charge in [-0.25, -0.2) is 4.98 Å². The average Bonchev–Trinajstić information content (AvgIpc) is 3.50. The molecule has 0 saturated heterocycles. The first kappa shape index (κ1) is 23.1. The summed E-state index contributed by atoms with van der Waals surface area (Å²) < 4.78 is 0. The van der Waals surface area contributed by atoms with Gasteiger partial charge >= 0.3 is 0 Å². The minimum absolute atomic E-state index is 0.000391. The SMILES string of the molecule is CCc1cc(O)ccc1-c1ccc2c(-c3nc4c([nH]3)CN(C(=O)[C@@H](N)[C@@H](C)CC)CC4)n[nH]c2c1. The zero-order valence-electron chi connectivity index (χ0n) is 20.4. The Labute approximate surface area is 204 Å². The van der Waals surface area contributed by atoms with Crippen molar-refractivity contribution in [2.75, 3.05) is 6.54 Å². The summed E-state index contributed by atoms with van der Waals surface area (Å²) in [4.78, 5) is 22.9. The molecule has 0 unspecified atom stereocenters. The lowest BCUT2D eigenvalue weighted by atomic mass is 9.97. The highest BCUT2D eigenvalue weighted by Gasteiger charge is 2.29. The molecule has 5 N–H and O–H groups in total. The molecule has 8 heteroatoms. The van der Waals surface area contributed by atoms with Gasteiger partial charge in [-0.2, -0.15) is 5.10 Å². The number of carbonyl (C=O) groups is 1. The molecular weight excluding hydrogens is 440 g/mol. The quantitative estimate of drug-likeness (QED) is 0.336. The number of hydrogen-bond donors (Lipinski definition) is 4. The van der Waals surface area contributed by atoms with Crippen molar-refractivity contribution >= 4 is 16.8 Å². The van der Waals surface area contributed by atoms with E-state index in [1.807, 2.05) is 24.0 Å². The second kappa shape index (κ2) is 9.19. The molecule has 2 aromatic carbocycles. The molecule has 182 valence electrons. The van der Waals surface area contributed by atoms with Crippen LogP contribution >= 0.6 is 0 Å². The second-order valence-electron chi connectivity index (χ2n) is 9.46. The Morgan fingerprint density at radius 1 is 1.23 bits per heavy atom. The maximum atomic E-state index is 12.9. The van der Waals surface area contributed by atoms with Crippen LogP contribution < -0.4 is 5.73 Å². The molecule has 2 aromatic heterocycles. The van der Waals surface area contributed by atoms with Crippen LogP contribution in [0.15, 0.2) is 36.4 Å². The molecule has 8 nitrogen and oxygen atoms in total. The summed E-state index contributed by atoms with van der Waals surface area (Å²) >= 11 is 0. The van der Waals surface area contributed by atoms with Gasteiger partial charge in [0.25, 0.3) is 0 Å². The number of carbonyl (C=O) groups excluding carboxylic acids is 1. The standard InChI is InChI=1S/C27H32N6O2/c1-4-15(3)24(28)27(35)33-11-10-21-23(14-33)30-26(29-21)25-20-8-6-17(13-22(20)31-32-25)19-9-7-18(34)12-16(19)5-2/h6-9,12-13,15,24,34H,4-5,10-11,14,28H2,1-3H3,(H,29,30)(H,31,32)/t15-,24-/m0/s1. The number of nitrogens with zero attached hydrogens (tertiary/aromatic N) is 3. The first-order valence-corrected chi connectivity index (χ1v) is 12.3. The number of phenolic OH excluding ortho intramolecular Hbond substituents is 1. The van der Waals surface area contributed by atoms with Crippen LogP contribution in [0.1, 0.15) is 44.1 Å². The number of phenols is 1. The molecule has 0 saturated carbocycles. The number of rotatable bonds is 6. The molecule has 0 aliphatic carbocycles. The molecule has 0 bridgehead atoms. The first-order chi connectivity index (χ1) is 16.9. The third-order valence-corrected chi connectivity index (χ3v) is 7.25. The monoisotopic (exact) mass is 472 g/mol. The fraction of sp³-hybridized carbons (Fsp3) is 0.370. The van der Waals surface area contributed by atoms with Gasteiger partial charge in [0.2, 0.25) is 5.91 Å². The van der Waals surface area contributed by atoms with Gasteiger partial charge in [-0.15, -0.1) is 0 Å². The Bertz CT molecular complexity index is 1390. The Balaban J connectivity index is 1.42. The van der Waals surface area contributed by atoms with E-state index in [2.05, 4.69) is 47.2 Å². The van der Waals surface area contributed by atoms with Crippen LogP contribution in [0.25, 0.3) is 33.5 Å². The van der Waals surface area contributed by atoms with E-state index in [0.29, 0.717) is 25.3 Å². The van der Waals surface area contributed by atoms with Crippen molar-refractivity contribution in [3.05, 3.63) is 53.3 Å². The fourth-order valence-corrected chi connectivity index (χ4v) is 4.82. The fourth-order valence-electron chi connectivity index (χ4n) is 4.82. The van der Waals surface area contributed by atoms with Gasteiger partial charge < -0.3 is 20.7 Å². The molecule has 0 radical (unpaired) electrons. The topological polar surface area (TPSA) is 124 Å². The largest absolute Gasteiger partial charge is 0.508 e. The van der Waals surface area contributed by atoms with Crippen molar-refractivity contribution in [3.63, 3.8) is 0 Å². The minimum Gasteiger partial charge on any atom is -0.508 e. The second-order valence-corrected chi connectivity index (χ2v) is 9.46. The smallest absolute Gasteiger partial charge is 0.240 e. The van der Waals surface area contributed by atoms with Crippen LogP contribution in [-0.4, -0.2) is 48.7 Å². The third kappa shape index (κ3) is 4.18. The summed E-state index contributed by atoms with van der Waals surface area (Å²) in [5.74, 6) is 1.13. The highest BCUT2D eigenvalue weighted by molar-refractivity contribution is 5.94. The summed E-state index contributed by atoms with van der Waals surface area (Å²) in [6.07, 6.45) is 2.40. The van der Waals surface area contributed by atoms with Crippen molar-refractivity contribution in [2.45, 2.75) is 52.6 Å². The Kier molecular flexibility index (Phi) is 6.06. The lowest BCUT2D eigenvalue weighted by Gasteiger charge is -2.30. The van der Waals surface area contributed by atoms with E-state index in [4.69, 9.17) is 10.7 Å². The van der Waals surface area contributed by atoms with Gasteiger partial charge in [-0.05, 0) is 53.3 Å². The number of amides is 1. The molecule has 4 aromatic rings. The molecule has 2 atom stereocenters.